The Morgan fingerprint density at radius 2 is 1.89 bits per heavy atom. The average molecular weight is 391 g/mol. The number of rotatable bonds is 4. The van der Waals surface area contributed by atoms with Crippen LogP contribution in [0.4, 0.5) is 11.4 Å². The van der Waals surface area contributed by atoms with Gasteiger partial charge in [0.1, 0.15) is 11.3 Å². The Balaban J connectivity index is 1.52. The van der Waals surface area contributed by atoms with Crippen molar-refractivity contribution in [3.63, 3.8) is 0 Å². The monoisotopic (exact) mass is 390 g/mol. The molecule has 138 valence electrons. The first kappa shape index (κ1) is 17.8. The summed E-state index contributed by atoms with van der Waals surface area (Å²) in [7, 11) is 0. The number of fused-ring (bicyclic) bond motifs is 1. The van der Waals surface area contributed by atoms with Crippen LogP contribution in [0.3, 0.4) is 0 Å². The zero-order chi connectivity index (χ0) is 19.5. The molecule has 0 atom stereocenters. The summed E-state index contributed by atoms with van der Waals surface area (Å²) in [5, 5.41) is 14.0. The van der Waals surface area contributed by atoms with Gasteiger partial charge in [0.15, 0.2) is 5.76 Å². The number of nitrogens with one attached hydrogen (secondary N) is 1. The number of anilines is 1. The van der Waals surface area contributed by atoms with Gasteiger partial charge in [-0.3, -0.25) is 9.79 Å². The van der Waals surface area contributed by atoms with Crippen molar-refractivity contribution in [1.29, 1.82) is 0 Å². The number of carbonyl (C=O) groups excluding carboxylic acids is 1. The van der Waals surface area contributed by atoms with Crippen molar-refractivity contribution < 1.29 is 14.3 Å². The van der Waals surface area contributed by atoms with E-state index in [1.165, 1.54) is 12.3 Å². The highest BCUT2D eigenvalue weighted by Crippen LogP contribution is 2.24. The van der Waals surface area contributed by atoms with Crippen LogP contribution in [0.2, 0.25) is 5.02 Å². The van der Waals surface area contributed by atoms with Gasteiger partial charge in [0.2, 0.25) is 0 Å². The number of para-hydroxylation sites is 1. The van der Waals surface area contributed by atoms with E-state index < -0.39 is 0 Å². The largest absolute Gasteiger partial charge is 0.507 e. The van der Waals surface area contributed by atoms with E-state index in [-0.39, 0.29) is 17.4 Å². The second kappa shape index (κ2) is 7.58. The third-order valence-electron chi connectivity index (χ3n) is 4.10. The van der Waals surface area contributed by atoms with E-state index in [9.17, 15) is 9.90 Å². The van der Waals surface area contributed by atoms with E-state index >= 15 is 0 Å². The molecule has 3 aromatic carbocycles. The van der Waals surface area contributed by atoms with Gasteiger partial charge in [0, 0.05) is 27.9 Å². The number of phenolic OH excluding ortho intramolecular Hbond substituents is 1. The van der Waals surface area contributed by atoms with Gasteiger partial charge in [-0.15, -0.1) is 0 Å². The summed E-state index contributed by atoms with van der Waals surface area (Å²) in [4.78, 5) is 16.8. The maximum atomic E-state index is 12.5. The number of aliphatic imine (C=N–C) groups is 1. The Hall–Kier alpha value is -3.57. The molecule has 28 heavy (non-hydrogen) atoms. The summed E-state index contributed by atoms with van der Waals surface area (Å²) in [6.45, 7) is 0. The second-order valence-electron chi connectivity index (χ2n) is 6.11. The van der Waals surface area contributed by atoms with Crippen molar-refractivity contribution in [2.75, 3.05) is 5.32 Å². The van der Waals surface area contributed by atoms with Gasteiger partial charge >= 0.3 is 0 Å². The lowest BCUT2D eigenvalue weighted by molar-refractivity contribution is 0.0998. The molecule has 0 saturated carbocycles. The summed E-state index contributed by atoms with van der Waals surface area (Å²) in [6, 6.07) is 20.9. The first-order chi connectivity index (χ1) is 13.6. The van der Waals surface area contributed by atoms with Crippen molar-refractivity contribution in [3.8, 4) is 5.75 Å². The third-order valence-corrected chi connectivity index (χ3v) is 4.33. The normalized spacial score (nSPS) is 11.2. The van der Waals surface area contributed by atoms with Crippen LogP contribution in [0.1, 0.15) is 16.1 Å². The van der Waals surface area contributed by atoms with Crippen LogP contribution in [-0.4, -0.2) is 17.2 Å². The predicted molar refractivity (Wildman–Crippen MR) is 111 cm³/mol. The lowest BCUT2D eigenvalue weighted by atomic mass is 10.2. The SMILES string of the molecule is O=C(Nc1cccc(N=Cc2cc(Cl)ccc2O)c1)c1cc2ccccc2o1. The van der Waals surface area contributed by atoms with Crippen LogP contribution in [0.5, 0.6) is 5.75 Å². The van der Waals surface area contributed by atoms with Crippen molar-refractivity contribution in [2.24, 2.45) is 4.99 Å². The van der Waals surface area contributed by atoms with Gasteiger partial charge in [0.05, 0.1) is 5.69 Å². The van der Waals surface area contributed by atoms with Crippen molar-refractivity contribution in [3.05, 3.63) is 89.1 Å². The van der Waals surface area contributed by atoms with Crippen LogP contribution < -0.4 is 5.32 Å². The summed E-state index contributed by atoms with van der Waals surface area (Å²) in [6.07, 6.45) is 1.52. The molecule has 0 saturated heterocycles. The molecular weight excluding hydrogens is 376 g/mol. The minimum absolute atomic E-state index is 0.0856. The molecule has 1 aromatic heterocycles. The Bertz CT molecular complexity index is 1160. The standard InChI is InChI=1S/C22H15ClN2O3/c23-16-8-9-19(26)15(10-16)13-24-17-5-3-6-18(12-17)25-22(27)21-11-14-4-1-2-7-20(14)28-21/h1-13,26H,(H,25,27). The lowest BCUT2D eigenvalue weighted by Crippen LogP contribution is -2.10. The molecule has 1 amide bonds. The van der Waals surface area contributed by atoms with Crippen molar-refractivity contribution in [2.45, 2.75) is 0 Å². The summed E-state index contributed by atoms with van der Waals surface area (Å²) >= 11 is 5.94. The van der Waals surface area contributed by atoms with Crippen LogP contribution in [0.25, 0.3) is 11.0 Å². The molecule has 0 radical (unpaired) electrons. The van der Waals surface area contributed by atoms with E-state index in [0.717, 1.165) is 5.39 Å². The van der Waals surface area contributed by atoms with Crippen LogP contribution in [-0.2, 0) is 0 Å². The zero-order valence-corrected chi connectivity index (χ0v) is 15.4. The van der Waals surface area contributed by atoms with Gasteiger partial charge in [-0.25, -0.2) is 0 Å². The third kappa shape index (κ3) is 3.89. The van der Waals surface area contributed by atoms with E-state index in [4.69, 9.17) is 16.0 Å². The molecule has 2 N–H and O–H groups in total. The number of nitrogens with zero attached hydrogens (tertiary/aromatic N) is 1. The van der Waals surface area contributed by atoms with E-state index in [0.29, 0.717) is 27.5 Å². The fraction of sp³-hybridized carbons (Fsp3) is 0. The van der Waals surface area contributed by atoms with Gasteiger partial charge < -0.3 is 14.8 Å². The molecule has 6 heteroatoms. The molecule has 0 aliphatic rings. The first-order valence-corrected chi connectivity index (χ1v) is 8.89. The smallest absolute Gasteiger partial charge is 0.291 e. The highest BCUT2D eigenvalue weighted by atomic mass is 35.5. The number of amides is 1. The highest BCUT2D eigenvalue weighted by Gasteiger charge is 2.12. The fourth-order valence-electron chi connectivity index (χ4n) is 2.72. The Morgan fingerprint density at radius 3 is 2.75 bits per heavy atom. The fourth-order valence-corrected chi connectivity index (χ4v) is 2.90. The first-order valence-electron chi connectivity index (χ1n) is 8.51. The molecule has 0 fully saturated rings. The molecule has 1 heterocycles. The Labute approximate surface area is 165 Å². The molecule has 0 aliphatic carbocycles. The maximum Gasteiger partial charge on any atom is 0.291 e. The number of furan rings is 1. The number of halogens is 1. The topological polar surface area (TPSA) is 74.8 Å². The van der Waals surface area contributed by atoms with Crippen molar-refractivity contribution >= 4 is 46.1 Å². The van der Waals surface area contributed by atoms with E-state index in [2.05, 4.69) is 10.3 Å². The van der Waals surface area contributed by atoms with Gasteiger partial charge in [-0.1, -0.05) is 35.9 Å². The minimum Gasteiger partial charge on any atom is -0.507 e. The number of aromatic hydroxyl groups is 1. The summed E-state index contributed by atoms with van der Waals surface area (Å²) in [5.41, 5.74) is 2.36. The molecule has 0 unspecified atom stereocenters. The highest BCUT2D eigenvalue weighted by molar-refractivity contribution is 6.30. The second-order valence-corrected chi connectivity index (χ2v) is 6.55. The van der Waals surface area contributed by atoms with Crippen LogP contribution in [0.15, 0.2) is 82.2 Å². The predicted octanol–water partition coefficient (Wildman–Crippen LogP) is 5.79. The maximum absolute atomic E-state index is 12.5. The molecule has 5 nitrogen and oxygen atoms in total. The van der Waals surface area contributed by atoms with Crippen LogP contribution in [0, 0.1) is 0 Å². The van der Waals surface area contributed by atoms with Crippen LogP contribution >= 0.6 is 11.6 Å². The molecular formula is C22H15ClN2O3. The number of benzene rings is 3. The molecule has 0 aliphatic heterocycles. The molecule has 0 spiro atoms. The van der Waals surface area contributed by atoms with Gasteiger partial charge in [-0.2, -0.15) is 0 Å². The summed E-state index contributed by atoms with van der Waals surface area (Å²) in [5.74, 6) is -0.0220. The Morgan fingerprint density at radius 1 is 1.04 bits per heavy atom. The molecule has 4 aromatic rings. The van der Waals surface area contributed by atoms with Crippen molar-refractivity contribution in [1.82, 2.24) is 0 Å². The van der Waals surface area contributed by atoms with Gasteiger partial charge in [-0.05, 0) is 48.5 Å². The Kier molecular flexibility index (Phi) is 4.83. The number of phenols is 1. The average Bonchev–Trinajstić information content (AvgIpc) is 3.13. The van der Waals surface area contributed by atoms with Gasteiger partial charge in [0.25, 0.3) is 5.91 Å². The van der Waals surface area contributed by atoms with E-state index in [1.54, 1.807) is 42.5 Å². The number of hydrogen-bond donors (Lipinski definition) is 2. The molecule has 0 bridgehead atoms. The minimum atomic E-state index is -0.343. The van der Waals surface area contributed by atoms with E-state index in [1.807, 2.05) is 24.3 Å². The zero-order valence-electron chi connectivity index (χ0n) is 14.6. The summed E-state index contributed by atoms with van der Waals surface area (Å²) < 4.78 is 5.58. The quantitative estimate of drug-likeness (QED) is 0.433. The number of carbonyl (C=O) groups is 1. The lowest BCUT2D eigenvalue weighted by Gasteiger charge is -2.04. The number of hydrogen-bond acceptors (Lipinski definition) is 4. The molecule has 4 rings (SSSR count).